The molecule has 33 heavy (non-hydrogen) atoms. The maximum absolute atomic E-state index is 13.7. The molecule has 2 amide bonds. The van der Waals surface area contributed by atoms with Gasteiger partial charge in [-0.2, -0.15) is 0 Å². The molecule has 2 atom stereocenters. The van der Waals surface area contributed by atoms with Crippen LogP contribution in [0.2, 0.25) is 5.02 Å². The van der Waals surface area contributed by atoms with Crippen LogP contribution in [0, 0.1) is 6.92 Å². The second-order valence-corrected chi connectivity index (χ2v) is 8.82. The molecule has 5 nitrogen and oxygen atoms in total. The Morgan fingerprint density at radius 2 is 1.76 bits per heavy atom. The number of fused-ring (bicyclic) bond motifs is 1. The van der Waals surface area contributed by atoms with Crippen molar-refractivity contribution in [1.82, 2.24) is 0 Å². The summed E-state index contributed by atoms with van der Waals surface area (Å²) in [6, 6.07) is 20.3. The predicted molar refractivity (Wildman–Crippen MR) is 132 cm³/mol. The largest absolute Gasteiger partial charge is 0.497 e. The van der Waals surface area contributed by atoms with Gasteiger partial charge in [-0.25, -0.2) is 0 Å². The van der Waals surface area contributed by atoms with Crippen molar-refractivity contribution in [2.75, 3.05) is 16.9 Å². The minimum atomic E-state index is -0.198. The van der Waals surface area contributed by atoms with Crippen LogP contribution in [0.15, 0.2) is 66.7 Å². The molecular formula is C27H27ClN2O3. The van der Waals surface area contributed by atoms with Crippen molar-refractivity contribution >= 4 is 34.8 Å². The molecule has 0 radical (unpaired) electrons. The molecule has 170 valence electrons. The van der Waals surface area contributed by atoms with E-state index in [1.54, 1.807) is 31.1 Å². The fourth-order valence-corrected chi connectivity index (χ4v) is 4.78. The van der Waals surface area contributed by atoms with Gasteiger partial charge in [-0.3, -0.25) is 9.59 Å². The van der Waals surface area contributed by atoms with Gasteiger partial charge in [-0.15, -0.1) is 0 Å². The smallest absolute Gasteiger partial charge is 0.258 e. The van der Waals surface area contributed by atoms with Gasteiger partial charge in [0, 0.05) is 34.9 Å². The summed E-state index contributed by atoms with van der Waals surface area (Å²) in [7, 11) is 1.61. The second-order valence-electron chi connectivity index (χ2n) is 8.38. The molecule has 0 spiro atoms. The quantitative estimate of drug-likeness (QED) is 0.464. The van der Waals surface area contributed by atoms with Crippen molar-refractivity contribution in [3.63, 3.8) is 0 Å². The lowest BCUT2D eigenvalue weighted by molar-refractivity contribution is -0.117. The first-order valence-electron chi connectivity index (χ1n) is 10.9. The highest BCUT2D eigenvalue weighted by atomic mass is 35.5. The lowest BCUT2D eigenvalue weighted by Crippen LogP contribution is -2.47. The van der Waals surface area contributed by atoms with Gasteiger partial charge in [0.25, 0.3) is 5.91 Å². The summed E-state index contributed by atoms with van der Waals surface area (Å²) >= 11 is 6.07. The normalized spacial score (nSPS) is 17.3. The van der Waals surface area contributed by atoms with E-state index in [4.69, 9.17) is 16.3 Å². The number of hydrogen-bond donors (Lipinski definition) is 0. The van der Waals surface area contributed by atoms with Gasteiger partial charge in [0.15, 0.2) is 0 Å². The number of hydrogen-bond acceptors (Lipinski definition) is 3. The van der Waals surface area contributed by atoms with Crippen LogP contribution in [-0.2, 0) is 4.79 Å². The van der Waals surface area contributed by atoms with Crippen LogP contribution >= 0.6 is 11.6 Å². The summed E-state index contributed by atoms with van der Waals surface area (Å²) < 4.78 is 5.29. The fourth-order valence-electron chi connectivity index (χ4n) is 4.65. The number of methoxy groups -OCH3 is 1. The number of anilines is 2. The molecule has 0 N–H and O–H groups in total. The predicted octanol–water partition coefficient (Wildman–Crippen LogP) is 6.19. The van der Waals surface area contributed by atoms with Crippen molar-refractivity contribution < 1.29 is 14.3 Å². The second kappa shape index (κ2) is 9.28. The van der Waals surface area contributed by atoms with Crippen molar-refractivity contribution in [2.45, 2.75) is 39.3 Å². The molecule has 0 unspecified atom stereocenters. The van der Waals surface area contributed by atoms with E-state index in [1.807, 2.05) is 73.3 Å². The minimum Gasteiger partial charge on any atom is -0.497 e. The highest BCUT2D eigenvalue weighted by molar-refractivity contribution is 6.30. The summed E-state index contributed by atoms with van der Waals surface area (Å²) in [5.41, 5.74) is 4.04. The van der Waals surface area contributed by atoms with Crippen LogP contribution in [0.25, 0.3) is 0 Å². The van der Waals surface area contributed by atoms with Gasteiger partial charge in [-0.05, 0) is 79.9 Å². The van der Waals surface area contributed by atoms with Gasteiger partial charge < -0.3 is 14.5 Å². The molecule has 0 saturated carbocycles. The zero-order valence-electron chi connectivity index (χ0n) is 19.2. The topological polar surface area (TPSA) is 49.9 Å². The number of halogens is 1. The van der Waals surface area contributed by atoms with E-state index < -0.39 is 0 Å². The van der Waals surface area contributed by atoms with E-state index in [1.165, 1.54) is 0 Å². The Bertz CT molecular complexity index is 1190. The number of nitrogens with zero attached hydrogens (tertiary/aromatic N) is 2. The Hall–Kier alpha value is -3.31. The van der Waals surface area contributed by atoms with E-state index in [-0.39, 0.29) is 23.9 Å². The molecule has 1 heterocycles. The summed E-state index contributed by atoms with van der Waals surface area (Å²) in [6.45, 7) is 5.51. The van der Waals surface area contributed by atoms with Gasteiger partial charge >= 0.3 is 0 Å². The first-order valence-corrected chi connectivity index (χ1v) is 11.3. The maximum Gasteiger partial charge on any atom is 0.258 e. The zero-order chi connectivity index (χ0) is 23.7. The maximum atomic E-state index is 13.7. The molecule has 0 aromatic heterocycles. The van der Waals surface area contributed by atoms with Crippen molar-refractivity contribution in [1.29, 1.82) is 0 Å². The number of rotatable bonds is 4. The van der Waals surface area contributed by atoms with Crippen molar-refractivity contribution in [3.05, 3.63) is 88.4 Å². The molecule has 6 heteroatoms. The SMILES string of the molecule is COc1ccc(C(=O)N2c3ccccc3[C@H](N(C(C)=O)c3ccc(Cl)cc3)C[C@@H]2C)c(C)c1. The number of aryl methyl sites for hydroxylation is 1. The van der Waals surface area contributed by atoms with Gasteiger partial charge in [0.05, 0.1) is 13.2 Å². The monoisotopic (exact) mass is 462 g/mol. The number of carbonyl (C=O) groups is 2. The average molecular weight is 463 g/mol. The molecule has 1 aliphatic rings. The molecule has 0 bridgehead atoms. The molecule has 4 rings (SSSR count). The van der Waals surface area contributed by atoms with E-state index in [2.05, 4.69) is 0 Å². The van der Waals surface area contributed by atoms with Gasteiger partial charge in [0.1, 0.15) is 5.75 Å². The lowest BCUT2D eigenvalue weighted by atomic mass is 9.89. The molecule has 3 aromatic rings. The third-order valence-electron chi connectivity index (χ3n) is 6.20. The Morgan fingerprint density at radius 1 is 1.06 bits per heavy atom. The van der Waals surface area contributed by atoms with Crippen LogP contribution in [0.4, 0.5) is 11.4 Å². The number of benzene rings is 3. The summed E-state index contributed by atoms with van der Waals surface area (Å²) in [6.07, 6.45) is 0.611. The summed E-state index contributed by atoms with van der Waals surface area (Å²) in [4.78, 5) is 30.1. The van der Waals surface area contributed by atoms with Gasteiger partial charge in [0.2, 0.25) is 5.91 Å². The summed E-state index contributed by atoms with van der Waals surface area (Å²) in [5, 5.41) is 0.617. The first kappa shape index (κ1) is 22.9. The molecule has 3 aromatic carbocycles. The fraction of sp³-hybridized carbons (Fsp3) is 0.259. The number of para-hydroxylation sites is 1. The third kappa shape index (κ3) is 4.33. The molecule has 0 aliphatic carbocycles. The standard InChI is InChI=1S/C27H27ClN2O3/c1-17-15-22(33-4)13-14-23(17)27(32)29-18(2)16-26(24-7-5-6-8-25(24)29)30(19(3)31)21-11-9-20(28)10-12-21/h5-15,18,26H,16H2,1-4H3/t18-,26+/m0/s1. The van der Waals surface area contributed by atoms with Crippen LogP contribution in [0.3, 0.4) is 0 Å². The molecule has 1 aliphatic heterocycles. The van der Waals surface area contributed by atoms with Crippen molar-refractivity contribution in [3.8, 4) is 5.75 Å². The Balaban J connectivity index is 1.77. The Labute approximate surface area is 199 Å². The molecule has 0 fully saturated rings. The Morgan fingerprint density at radius 3 is 2.39 bits per heavy atom. The highest BCUT2D eigenvalue weighted by Crippen LogP contribution is 2.43. The van der Waals surface area contributed by atoms with E-state index in [0.717, 1.165) is 28.3 Å². The van der Waals surface area contributed by atoms with Crippen molar-refractivity contribution in [2.24, 2.45) is 0 Å². The lowest BCUT2D eigenvalue weighted by Gasteiger charge is -2.43. The van der Waals surface area contributed by atoms with E-state index in [9.17, 15) is 9.59 Å². The van der Waals surface area contributed by atoms with Crippen LogP contribution < -0.4 is 14.5 Å². The molecule has 0 saturated heterocycles. The number of carbonyl (C=O) groups excluding carboxylic acids is 2. The van der Waals surface area contributed by atoms with Crippen LogP contribution in [0.1, 0.15) is 47.8 Å². The average Bonchev–Trinajstić information content (AvgIpc) is 2.80. The van der Waals surface area contributed by atoms with E-state index in [0.29, 0.717) is 17.0 Å². The van der Waals surface area contributed by atoms with Crippen LogP contribution in [-0.4, -0.2) is 25.0 Å². The third-order valence-corrected chi connectivity index (χ3v) is 6.45. The number of amides is 2. The van der Waals surface area contributed by atoms with Gasteiger partial charge in [-0.1, -0.05) is 29.8 Å². The van der Waals surface area contributed by atoms with Crippen LogP contribution in [0.5, 0.6) is 5.75 Å². The summed E-state index contributed by atoms with van der Waals surface area (Å²) in [5.74, 6) is 0.598. The molecular weight excluding hydrogens is 436 g/mol. The zero-order valence-corrected chi connectivity index (χ0v) is 20.0. The highest BCUT2D eigenvalue weighted by Gasteiger charge is 2.38. The van der Waals surface area contributed by atoms with E-state index >= 15 is 0 Å². The minimum absolute atomic E-state index is 0.0601. The Kier molecular flexibility index (Phi) is 6.43. The first-order chi connectivity index (χ1) is 15.8. The number of ether oxygens (including phenoxy) is 1.